The lowest BCUT2D eigenvalue weighted by atomic mass is 10.1. The van der Waals surface area contributed by atoms with Crippen LogP contribution in [-0.2, 0) is 15.5 Å². The summed E-state index contributed by atoms with van der Waals surface area (Å²) >= 11 is 0. The van der Waals surface area contributed by atoms with Crippen LogP contribution < -0.4 is 5.56 Å². The van der Waals surface area contributed by atoms with Crippen molar-refractivity contribution in [3.8, 4) is 0 Å². The molecule has 0 radical (unpaired) electrons. The Labute approximate surface area is 137 Å². The fourth-order valence-electron chi connectivity index (χ4n) is 2.79. The van der Waals surface area contributed by atoms with Crippen molar-refractivity contribution < 1.29 is 18.3 Å². The second-order valence-corrected chi connectivity index (χ2v) is 6.11. The van der Waals surface area contributed by atoms with E-state index < -0.39 is 29.2 Å². The molecule has 5 nitrogen and oxygen atoms in total. The molecule has 2 aromatic heterocycles. The van der Waals surface area contributed by atoms with Crippen LogP contribution in [0.5, 0.6) is 0 Å². The Kier molecular flexibility index (Phi) is 4.11. The zero-order valence-corrected chi connectivity index (χ0v) is 13.5. The van der Waals surface area contributed by atoms with Crippen molar-refractivity contribution in [1.29, 1.82) is 0 Å². The van der Waals surface area contributed by atoms with Crippen molar-refractivity contribution in [2.45, 2.75) is 38.7 Å². The van der Waals surface area contributed by atoms with E-state index in [4.69, 9.17) is 4.74 Å². The van der Waals surface area contributed by atoms with E-state index in [9.17, 15) is 18.4 Å². The van der Waals surface area contributed by atoms with Crippen LogP contribution in [0.1, 0.15) is 38.4 Å². The molecule has 0 spiro atoms. The number of ether oxygens (including phenoxy) is 1. The number of carbonyl (C=O) groups is 1. The normalized spacial score (nSPS) is 16.2. The van der Waals surface area contributed by atoms with Crippen LogP contribution in [0, 0.1) is 5.92 Å². The van der Waals surface area contributed by atoms with Crippen LogP contribution in [0.2, 0.25) is 0 Å². The molecule has 2 aromatic rings. The summed E-state index contributed by atoms with van der Waals surface area (Å²) < 4.78 is 33.2. The summed E-state index contributed by atoms with van der Waals surface area (Å²) in [4.78, 5) is 28.6. The van der Waals surface area contributed by atoms with E-state index >= 15 is 0 Å². The molecule has 0 aromatic carbocycles. The van der Waals surface area contributed by atoms with Gasteiger partial charge in [0.05, 0.1) is 12.0 Å². The lowest BCUT2D eigenvalue weighted by molar-refractivity contribution is -0.148. The number of esters is 1. The summed E-state index contributed by atoms with van der Waals surface area (Å²) in [6.45, 7) is 2.70. The number of nitrogens with zero attached hydrogens (tertiary/aromatic N) is 2. The van der Waals surface area contributed by atoms with Gasteiger partial charge in [-0.05, 0) is 43.2 Å². The first-order valence-corrected chi connectivity index (χ1v) is 7.88. The third kappa shape index (κ3) is 3.02. The van der Waals surface area contributed by atoms with E-state index in [1.807, 2.05) is 0 Å². The number of hydrogen-bond acceptors (Lipinski definition) is 4. The molecule has 24 heavy (non-hydrogen) atoms. The van der Waals surface area contributed by atoms with Gasteiger partial charge in [-0.2, -0.15) is 8.78 Å². The van der Waals surface area contributed by atoms with Gasteiger partial charge in [-0.3, -0.25) is 9.78 Å². The SMILES string of the molecule is CCOC(=O)C(C1CC1)n1ccc2cc(C(C)(F)F)ncc2c1=O. The largest absolute Gasteiger partial charge is 0.464 e. The van der Waals surface area contributed by atoms with Crippen LogP contribution in [0.4, 0.5) is 8.78 Å². The minimum absolute atomic E-state index is 0.0754. The van der Waals surface area contributed by atoms with Crippen LogP contribution in [0.25, 0.3) is 10.8 Å². The van der Waals surface area contributed by atoms with E-state index in [2.05, 4.69) is 4.98 Å². The van der Waals surface area contributed by atoms with Gasteiger partial charge in [0.1, 0.15) is 11.7 Å². The van der Waals surface area contributed by atoms with Gasteiger partial charge in [0, 0.05) is 19.3 Å². The number of hydrogen-bond donors (Lipinski definition) is 0. The molecule has 2 heterocycles. The summed E-state index contributed by atoms with van der Waals surface area (Å²) in [7, 11) is 0. The van der Waals surface area contributed by atoms with Gasteiger partial charge in [-0.1, -0.05) is 0 Å². The summed E-state index contributed by atoms with van der Waals surface area (Å²) in [5.41, 5.74) is -0.813. The third-order valence-electron chi connectivity index (χ3n) is 4.16. The van der Waals surface area contributed by atoms with Crippen molar-refractivity contribution in [1.82, 2.24) is 9.55 Å². The number of aromatic nitrogens is 2. The highest BCUT2D eigenvalue weighted by Crippen LogP contribution is 2.40. The Balaban J connectivity index is 2.08. The molecule has 1 aliphatic carbocycles. The number of alkyl halides is 2. The summed E-state index contributed by atoms with van der Waals surface area (Å²) in [5.74, 6) is -3.44. The van der Waals surface area contributed by atoms with Crippen LogP contribution in [0.15, 0.2) is 29.3 Å². The van der Waals surface area contributed by atoms with Gasteiger partial charge in [0.2, 0.25) is 0 Å². The fraction of sp³-hybridized carbons (Fsp3) is 0.471. The zero-order chi connectivity index (χ0) is 17.5. The smallest absolute Gasteiger partial charge is 0.329 e. The van der Waals surface area contributed by atoms with Gasteiger partial charge in [0.25, 0.3) is 11.5 Å². The molecule has 0 amide bonds. The van der Waals surface area contributed by atoms with E-state index in [0.717, 1.165) is 26.0 Å². The monoisotopic (exact) mass is 336 g/mol. The minimum Gasteiger partial charge on any atom is -0.464 e. The first-order valence-electron chi connectivity index (χ1n) is 7.88. The molecule has 1 saturated carbocycles. The predicted molar refractivity (Wildman–Crippen MR) is 84.0 cm³/mol. The highest BCUT2D eigenvalue weighted by Gasteiger charge is 2.39. The Morgan fingerprint density at radius 2 is 2.21 bits per heavy atom. The highest BCUT2D eigenvalue weighted by atomic mass is 19.3. The van der Waals surface area contributed by atoms with Gasteiger partial charge in [-0.15, -0.1) is 0 Å². The number of fused-ring (bicyclic) bond motifs is 1. The lowest BCUT2D eigenvalue weighted by Crippen LogP contribution is -2.32. The molecule has 1 fully saturated rings. The molecule has 128 valence electrons. The Morgan fingerprint density at radius 1 is 1.50 bits per heavy atom. The van der Waals surface area contributed by atoms with E-state index in [-0.39, 0.29) is 17.9 Å². The van der Waals surface area contributed by atoms with Crippen LogP contribution in [-0.4, -0.2) is 22.1 Å². The average Bonchev–Trinajstić information content (AvgIpc) is 3.34. The zero-order valence-electron chi connectivity index (χ0n) is 13.5. The topological polar surface area (TPSA) is 61.2 Å². The number of pyridine rings is 2. The minimum atomic E-state index is -3.08. The van der Waals surface area contributed by atoms with Gasteiger partial charge in [0.15, 0.2) is 0 Å². The first kappa shape index (κ1) is 16.5. The summed E-state index contributed by atoms with van der Waals surface area (Å²) in [6.07, 6.45) is 4.33. The number of carbonyl (C=O) groups excluding carboxylic acids is 1. The number of halogens is 2. The van der Waals surface area contributed by atoms with Crippen molar-refractivity contribution in [2.75, 3.05) is 6.61 Å². The van der Waals surface area contributed by atoms with Crippen molar-refractivity contribution in [3.05, 3.63) is 40.6 Å². The maximum absolute atomic E-state index is 13.4. The molecule has 0 aliphatic heterocycles. The summed E-state index contributed by atoms with van der Waals surface area (Å²) in [5, 5.41) is 0.585. The van der Waals surface area contributed by atoms with Crippen molar-refractivity contribution in [3.63, 3.8) is 0 Å². The van der Waals surface area contributed by atoms with Gasteiger partial charge in [-0.25, -0.2) is 4.79 Å². The second-order valence-electron chi connectivity index (χ2n) is 6.11. The molecular weight excluding hydrogens is 318 g/mol. The molecule has 1 atom stereocenters. The van der Waals surface area contributed by atoms with E-state index in [1.165, 1.54) is 16.8 Å². The quantitative estimate of drug-likeness (QED) is 0.788. The molecule has 0 N–H and O–H groups in total. The first-order chi connectivity index (χ1) is 11.3. The van der Waals surface area contributed by atoms with Crippen molar-refractivity contribution in [2.24, 2.45) is 5.92 Å². The molecule has 0 bridgehead atoms. The van der Waals surface area contributed by atoms with E-state index in [1.54, 1.807) is 13.0 Å². The molecule has 1 unspecified atom stereocenters. The molecular formula is C17H18F2N2O3. The lowest BCUT2D eigenvalue weighted by Gasteiger charge is -2.18. The Hall–Kier alpha value is -2.31. The summed E-state index contributed by atoms with van der Waals surface area (Å²) in [6, 6.07) is 2.09. The third-order valence-corrected chi connectivity index (χ3v) is 4.16. The maximum Gasteiger partial charge on any atom is 0.329 e. The van der Waals surface area contributed by atoms with Crippen LogP contribution in [0.3, 0.4) is 0 Å². The standard InChI is InChI=1S/C17H18F2N2O3/c1-3-24-16(23)14(10-4-5-10)21-7-6-11-8-13(17(2,18)19)20-9-12(11)15(21)22/h6-10,14H,3-5H2,1-2H3. The molecule has 0 saturated heterocycles. The number of rotatable bonds is 5. The maximum atomic E-state index is 13.4. The van der Waals surface area contributed by atoms with Gasteiger partial charge < -0.3 is 9.30 Å². The Morgan fingerprint density at radius 3 is 2.79 bits per heavy atom. The Bertz CT molecular complexity index is 838. The van der Waals surface area contributed by atoms with E-state index in [0.29, 0.717) is 5.39 Å². The average molecular weight is 336 g/mol. The fourth-order valence-corrected chi connectivity index (χ4v) is 2.79. The predicted octanol–water partition coefficient (Wildman–Crippen LogP) is 3.02. The molecule has 1 aliphatic rings. The second kappa shape index (κ2) is 5.96. The van der Waals surface area contributed by atoms with Crippen LogP contribution >= 0.6 is 0 Å². The molecule has 7 heteroatoms. The highest BCUT2D eigenvalue weighted by molar-refractivity contribution is 5.82. The van der Waals surface area contributed by atoms with Crippen molar-refractivity contribution >= 4 is 16.7 Å². The van der Waals surface area contributed by atoms with Gasteiger partial charge >= 0.3 is 5.97 Å². The molecule has 3 rings (SSSR count).